The third-order valence-corrected chi connectivity index (χ3v) is 9.57. The van der Waals surface area contributed by atoms with Crippen LogP contribution in [-0.4, -0.2) is 165 Å². The topological polar surface area (TPSA) is 163 Å². The molecule has 0 aliphatic heterocycles. The molecule has 0 heterocycles. The molecule has 15 heteroatoms. The molecule has 0 amide bonds. The van der Waals surface area contributed by atoms with Gasteiger partial charge in [0.2, 0.25) is 0 Å². The molecule has 0 fully saturated rings. The number of nitrogens with two attached hydrogens (primary N) is 1. The number of esters is 1. The van der Waals surface area contributed by atoms with Crippen LogP contribution < -0.4 is 10.5 Å². The van der Waals surface area contributed by atoms with Gasteiger partial charge in [0, 0.05) is 12.1 Å². The van der Waals surface area contributed by atoms with E-state index in [2.05, 4.69) is 6.92 Å². The molecular weight excluding hydrogens is 815 g/mol. The number of unbranched alkanes of at least 4 members (excludes halogenated alkanes) is 14. The van der Waals surface area contributed by atoms with Gasteiger partial charge in [-0.15, -0.1) is 0 Å². The first-order valence-electron chi connectivity index (χ1n) is 24.2. The standard InChI is InChI=1S/C48H89NO14/c1-2-3-4-5-6-7-8-9-10-11-12-13-14-15-16-17-48(50)63-45-43-61-41-39-59-37-35-57-33-31-55-29-27-53-25-23-51-22-24-52-26-28-54-30-32-56-34-36-58-38-40-60-42-44-62-47-20-18-46(49)19-21-47/h18-21H,2-17,22-45,49H2,1H3. The molecule has 0 unspecified atom stereocenters. The molecular formula is C48H89NO14. The zero-order valence-electron chi connectivity index (χ0n) is 39.4. The van der Waals surface area contributed by atoms with E-state index in [0.29, 0.717) is 164 Å². The van der Waals surface area contributed by atoms with Crippen molar-refractivity contribution in [2.45, 2.75) is 110 Å². The molecule has 1 rings (SSSR count). The molecule has 1 aromatic rings. The number of benzene rings is 1. The number of carbonyl (C=O) groups excluding carboxylic acids is 1. The van der Waals surface area contributed by atoms with Gasteiger partial charge in [0.25, 0.3) is 0 Å². The molecule has 0 aliphatic carbocycles. The van der Waals surface area contributed by atoms with Crippen LogP contribution >= 0.6 is 0 Å². The van der Waals surface area contributed by atoms with Crippen molar-refractivity contribution in [2.75, 3.05) is 164 Å². The molecule has 370 valence electrons. The number of rotatable bonds is 53. The van der Waals surface area contributed by atoms with E-state index in [1.54, 1.807) is 12.1 Å². The maximum Gasteiger partial charge on any atom is 0.305 e. The number of nitrogen functional groups attached to an aromatic ring is 1. The maximum absolute atomic E-state index is 11.9. The molecule has 0 radical (unpaired) electrons. The third kappa shape index (κ3) is 47.6. The Hall–Kier alpha value is -2.15. The normalized spacial score (nSPS) is 11.4. The Morgan fingerprint density at radius 3 is 0.905 bits per heavy atom. The van der Waals surface area contributed by atoms with Gasteiger partial charge in [-0.05, 0) is 30.7 Å². The zero-order valence-corrected chi connectivity index (χ0v) is 39.4. The summed E-state index contributed by atoms with van der Waals surface area (Å²) in [5, 5.41) is 0. The Morgan fingerprint density at radius 2 is 0.603 bits per heavy atom. The van der Waals surface area contributed by atoms with Crippen molar-refractivity contribution in [3.63, 3.8) is 0 Å². The first-order valence-corrected chi connectivity index (χ1v) is 24.2. The van der Waals surface area contributed by atoms with Gasteiger partial charge < -0.3 is 67.3 Å². The van der Waals surface area contributed by atoms with E-state index in [0.717, 1.165) is 18.6 Å². The van der Waals surface area contributed by atoms with Gasteiger partial charge in [0.15, 0.2) is 0 Å². The summed E-state index contributed by atoms with van der Waals surface area (Å²) in [6.07, 6.45) is 20.2. The summed E-state index contributed by atoms with van der Waals surface area (Å²) in [5.74, 6) is 0.637. The van der Waals surface area contributed by atoms with Crippen LogP contribution in [0.25, 0.3) is 0 Å². The highest BCUT2D eigenvalue weighted by Crippen LogP contribution is 2.14. The average molecular weight is 904 g/mol. The van der Waals surface area contributed by atoms with E-state index < -0.39 is 0 Å². The summed E-state index contributed by atoms with van der Waals surface area (Å²) in [7, 11) is 0. The monoisotopic (exact) mass is 904 g/mol. The fourth-order valence-electron chi connectivity index (χ4n) is 6.01. The smallest absolute Gasteiger partial charge is 0.305 e. The average Bonchev–Trinajstić information content (AvgIpc) is 3.29. The lowest BCUT2D eigenvalue weighted by molar-refractivity contribution is -0.145. The highest BCUT2D eigenvalue weighted by Gasteiger charge is 2.03. The van der Waals surface area contributed by atoms with Crippen LogP contribution in [-0.2, 0) is 61.6 Å². The van der Waals surface area contributed by atoms with Gasteiger partial charge in [0.1, 0.15) is 19.0 Å². The molecule has 1 aromatic carbocycles. The minimum Gasteiger partial charge on any atom is -0.491 e. The first-order chi connectivity index (χ1) is 31.2. The molecule has 15 nitrogen and oxygen atoms in total. The van der Waals surface area contributed by atoms with Crippen LogP contribution in [0.1, 0.15) is 110 Å². The van der Waals surface area contributed by atoms with Crippen LogP contribution in [0.15, 0.2) is 24.3 Å². The fraction of sp³-hybridized carbons (Fsp3) is 0.854. The summed E-state index contributed by atoms with van der Waals surface area (Å²) in [6, 6.07) is 7.27. The predicted octanol–water partition coefficient (Wildman–Crippen LogP) is 7.63. The van der Waals surface area contributed by atoms with Crippen molar-refractivity contribution in [3.05, 3.63) is 24.3 Å². The minimum absolute atomic E-state index is 0.133. The Kier molecular flexibility index (Phi) is 47.5. The molecule has 0 saturated heterocycles. The summed E-state index contributed by atoms with van der Waals surface area (Å²) in [6.45, 7) is 13.7. The van der Waals surface area contributed by atoms with Crippen LogP contribution in [0.4, 0.5) is 5.69 Å². The van der Waals surface area contributed by atoms with E-state index in [-0.39, 0.29) is 12.6 Å². The predicted molar refractivity (Wildman–Crippen MR) is 246 cm³/mol. The van der Waals surface area contributed by atoms with Gasteiger partial charge in [-0.25, -0.2) is 0 Å². The quantitative estimate of drug-likeness (QED) is 0.0385. The summed E-state index contributed by atoms with van der Waals surface area (Å²) in [5.41, 5.74) is 6.36. The second-order valence-corrected chi connectivity index (χ2v) is 15.1. The zero-order chi connectivity index (χ0) is 45.0. The van der Waals surface area contributed by atoms with E-state index >= 15 is 0 Å². The second-order valence-electron chi connectivity index (χ2n) is 15.1. The fourth-order valence-corrected chi connectivity index (χ4v) is 6.01. The molecule has 0 spiro atoms. The summed E-state index contributed by atoms with van der Waals surface area (Å²) < 4.78 is 71.4. The van der Waals surface area contributed by atoms with Crippen LogP contribution in [0, 0.1) is 0 Å². The maximum atomic E-state index is 11.9. The number of ether oxygens (including phenoxy) is 13. The van der Waals surface area contributed by atoms with Crippen molar-refractivity contribution in [1.29, 1.82) is 0 Å². The van der Waals surface area contributed by atoms with Crippen LogP contribution in [0.3, 0.4) is 0 Å². The first kappa shape index (κ1) is 58.9. The molecule has 0 atom stereocenters. The van der Waals surface area contributed by atoms with E-state index in [9.17, 15) is 4.79 Å². The Bertz CT molecular complexity index is 1040. The molecule has 63 heavy (non-hydrogen) atoms. The molecule has 0 aliphatic rings. The second kappa shape index (κ2) is 50.8. The SMILES string of the molecule is CCCCCCCCCCCCCCCCCC(=O)OCCOCCOCCOCCOCCOCCOCCOCCOCCOCCOCCOCCOc1ccc(N)cc1. The highest BCUT2D eigenvalue weighted by molar-refractivity contribution is 5.69. The van der Waals surface area contributed by atoms with E-state index in [1.165, 1.54) is 83.5 Å². The van der Waals surface area contributed by atoms with Gasteiger partial charge in [-0.3, -0.25) is 4.79 Å². The minimum atomic E-state index is -0.133. The van der Waals surface area contributed by atoms with Crippen LogP contribution in [0.2, 0.25) is 0 Å². The summed E-state index contributed by atoms with van der Waals surface area (Å²) >= 11 is 0. The van der Waals surface area contributed by atoms with Crippen molar-refractivity contribution < 1.29 is 66.4 Å². The van der Waals surface area contributed by atoms with Crippen molar-refractivity contribution in [2.24, 2.45) is 0 Å². The number of hydrogen-bond donors (Lipinski definition) is 1. The Labute approximate surface area is 381 Å². The Morgan fingerprint density at radius 1 is 0.349 bits per heavy atom. The lowest BCUT2D eigenvalue weighted by Crippen LogP contribution is -2.16. The summed E-state index contributed by atoms with van der Waals surface area (Å²) in [4.78, 5) is 11.9. The number of anilines is 1. The number of carbonyl (C=O) groups is 1. The number of hydrogen-bond acceptors (Lipinski definition) is 15. The van der Waals surface area contributed by atoms with Gasteiger partial charge in [-0.2, -0.15) is 0 Å². The lowest BCUT2D eigenvalue weighted by atomic mass is 10.0. The lowest BCUT2D eigenvalue weighted by Gasteiger charge is -2.09. The van der Waals surface area contributed by atoms with Crippen LogP contribution in [0.5, 0.6) is 5.75 Å². The highest BCUT2D eigenvalue weighted by atomic mass is 16.6. The van der Waals surface area contributed by atoms with Crippen molar-refractivity contribution in [1.82, 2.24) is 0 Å². The Balaban J connectivity index is 1.63. The molecule has 0 saturated carbocycles. The molecule has 2 N–H and O–H groups in total. The van der Waals surface area contributed by atoms with Crippen molar-refractivity contribution in [3.8, 4) is 5.75 Å². The van der Waals surface area contributed by atoms with E-state index in [1.807, 2.05) is 12.1 Å². The van der Waals surface area contributed by atoms with E-state index in [4.69, 9.17) is 67.3 Å². The molecule has 0 aromatic heterocycles. The van der Waals surface area contributed by atoms with Gasteiger partial charge in [0.05, 0.1) is 145 Å². The van der Waals surface area contributed by atoms with Crippen molar-refractivity contribution >= 4 is 11.7 Å². The third-order valence-electron chi connectivity index (χ3n) is 9.57. The largest absolute Gasteiger partial charge is 0.491 e. The van der Waals surface area contributed by atoms with Gasteiger partial charge >= 0.3 is 5.97 Å². The molecule has 0 bridgehead atoms. The van der Waals surface area contributed by atoms with Gasteiger partial charge in [-0.1, -0.05) is 96.8 Å².